The highest BCUT2D eigenvalue weighted by molar-refractivity contribution is 5.83. The zero-order chi connectivity index (χ0) is 13.1. The van der Waals surface area contributed by atoms with Gasteiger partial charge in [-0.1, -0.05) is 12.1 Å². The number of rotatable bonds is 4. The summed E-state index contributed by atoms with van der Waals surface area (Å²) in [5.74, 6) is 0.0495. The Hall–Kier alpha value is -1.94. The molecule has 18 heavy (non-hydrogen) atoms. The van der Waals surface area contributed by atoms with E-state index in [1.807, 2.05) is 38.1 Å². The summed E-state index contributed by atoms with van der Waals surface area (Å²) >= 11 is 0. The number of benzene rings is 1. The third kappa shape index (κ3) is 2.65. The fourth-order valence-electron chi connectivity index (χ4n) is 1.87. The molecule has 0 spiro atoms. The maximum absolute atomic E-state index is 11.4. The molecule has 0 fully saturated rings. The van der Waals surface area contributed by atoms with E-state index in [4.69, 9.17) is 5.73 Å². The molecule has 2 aromatic rings. The minimum Gasteiger partial charge on any atom is -0.324 e. The summed E-state index contributed by atoms with van der Waals surface area (Å²) < 4.78 is 0. The van der Waals surface area contributed by atoms with Crippen molar-refractivity contribution in [1.82, 2.24) is 10.2 Å². The van der Waals surface area contributed by atoms with Crippen LogP contribution in [0.2, 0.25) is 0 Å². The number of aromatic amines is 1. The van der Waals surface area contributed by atoms with Crippen molar-refractivity contribution >= 4 is 5.78 Å². The molecule has 4 nitrogen and oxygen atoms in total. The lowest BCUT2D eigenvalue weighted by atomic mass is 9.99. The van der Waals surface area contributed by atoms with Crippen LogP contribution < -0.4 is 5.73 Å². The van der Waals surface area contributed by atoms with E-state index in [0.29, 0.717) is 6.42 Å². The number of nitrogens with one attached hydrogen (secondary N) is 1. The van der Waals surface area contributed by atoms with Gasteiger partial charge in [0.1, 0.15) is 0 Å². The molecular weight excluding hydrogens is 226 g/mol. The van der Waals surface area contributed by atoms with Crippen molar-refractivity contribution in [3.63, 3.8) is 0 Å². The monoisotopic (exact) mass is 243 g/mol. The number of carbonyl (C=O) groups excluding carboxylic acids is 1. The second-order valence-electron chi connectivity index (χ2n) is 4.50. The summed E-state index contributed by atoms with van der Waals surface area (Å²) in [6, 6.07) is 8.03. The van der Waals surface area contributed by atoms with E-state index in [2.05, 4.69) is 10.2 Å². The number of hydrogen-bond donors (Lipinski definition) is 2. The number of carbonyl (C=O) groups is 1. The number of nitrogens with zero attached hydrogens (tertiary/aromatic N) is 1. The Morgan fingerprint density at radius 1 is 1.33 bits per heavy atom. The van der Waals surface area contributed by atoms with E-state index in [0.717, 1.165) is 28.1 Å². The summed E-state index contributed by atoms with van der Waals surface area (Å²) in [5.41, 5.74) is 10.4. The van der Waals surface area contributed by atoms with E-state index < -0.39 is 0 Å². The van der Waals surface area contributed by atoms with Gasteiger partial charge in [0.25, 0.3) is 0 Å². The fraction of sp³-hybridized carbons (Fsp3) is 0.286. The molecule has 0 aliphatic heterocycles. The Morgan fingerprint density at radius 3 is 2.72 bits per heavy atom. The molecule has 0 unspecified atom stereocenters. The van der Waals surface area contributed by atoms with Crippen LogP contribution in [0.5, 0.6) is 0 Å². The zero-order valence-electron chi connectivity index (χ0n) is 10.7. The predicted octanol–water partition coefficient (Wildman–Crippen LogP) is 1.76. The van der Waals surface area contributed by atoms with Gasteiger partial charge < -0.3 is 5.73 Å². The lowest BCUT2D eigenvalue weighted by Crippen LogP contribution is -2.16. The van der Waals surface area contributed by atoms with Crippen LogP contribution in [0.25, 0.3) is 11.3 Å². The Balaban J connectivity index is 2.34. The Bertz CT molecular complexity index is 572. The van der Waals surface area contributed by atoms with E-state index in [1.54, 1.807) is 0 Å². The second-order valence-corrected chi connectivity index (χ2v) is 4.50. The first kappa shape index (κ1) is 12.5. The highest BCUT2D eigenvalue weighted by Gasteiger charge is 2.08. The van der Waals surface area contributed by atoms with Crippen LogP contribution in [0, 0.1) is 13.8 Å². The van der Waals surface area contributed by atoms with Gasteiger partial charge in [0.15, 0.2) is 5.78 Å². The lowest BCUT2D eigenvalue weighted by Gasteiger charge is -2.06. The Labute approximate surface area is 106 Å². The number of ketones is 1. The number of hydrogen-bond acceptors (Lipinski definition) is 3. The number of Topliss-reactive ketones (excluding diaryl/α,β-unsaturated/α-hetero) is 1. The second kappa shape index (κ2) is 5.14. The van der Waals surface area contributed by atoms with Crippen molar-refractivity contribution in [1.29, 1.82) is 0 Å². The van der Waals surface area contributed by atoms with Crippen molar-refractivity contribution in [2.75, 3.05) is 6.54 Å². The Kier molecular flexibility index (Phi) is 3.58. The summed E-state index contributed by atoms with van der Waals surface area (Å²) in [5, 5.41) is 7.14. The van der Waals surface area contributed by atoms with Crippen LogP contribution in [-0.4, -0.2) is 22.5 Å². The molecule has 0 amide bonds. The SMILES string of the molecule is Cc1cc(-c2ccc(C)c(CC(=O)CN)c2)n[nH]1. The third-order valence-corrected chi connectivity index (χ3v) is 2.97. The molecule has 0 radical (unpaired) electrons. The highest BCUT2D eigenvalue weighted by Crippen LogP contribution is 2.21. The fourth-order valence-corrected chi connectivity index (χ4v) is 1.87. The zero-order valence-corrected chi connectivity index (χ0v) is 10.7. The van der Waals surface area contributed by atoms with Gasteiger partial charge in [0.05, 0.1) is 12.2 Å². The van der Waals surface area contributed by atoms with E-state index in [1.165, 1.54) is 0 Å². The van der Waals surface area contributed by atoms with Crippen LogP contribution in [-0.2, 0) is 11.2 Å². The molecule has 4 heteroatoms. The maximum Gasteiger partial charge on any atom is 0.150 e. The van der Waals surface area contributed by atoms with Gasteiger partial charge in [-0.2, -0.15) is 5.10 Å². The van der Waals surface area contributed by atoms with Crippen molar-refractivity contribution in [3.05, 3.63) is 41.1 Å². The highest BCUT2D eigenvalue weighted by atomic mass is 16.1. The van der Waals surface area contributed by atoms with Gasteiger partial charge in [-0.25, -0.2) is 0 Å². The molecule has 1 aromatic carbocycles. The molecule has 0 aliphatic rings. The van der Waals surface area contributed by atoms with Gasteiger partial charge in [0, 0.05) is 17.7 Å². The molecule has 0 aliphatic carbocycles. The molecule has 0 atom stereocenters. The Morgan fingerprint density at radius 2 is 2.11 bits per heavy atom. The average molecular weight is 243 g/mol. The average Bonchev–Trinajstić information content (AvgIpc) is 2.78. The molecule has 1 aromatic heterocycles. The van der Waals surface area contributed by atoms with Crippen molar-refractivity contribution in [2.24, 2.45) is 5.73 Å². The molecule has 1 heterocycles. The topological polar surface area (TPSA) is 71.8 Å². The van der Waals surface area contributed by atoms with Crippen molar-refractivity contribution in [2.45, 2.75) is 20.3 Å². The van der Waals surface area contributed by atoms with E-state index >= 15 is 0 Å². The van der Waals surface area contributed by atoms with E-state index in [9.17, 15) is 4.79 Å². The normalized spacial score (nSPS) is 10.6. The van der Waals surface area contributed by atoms with Crippen LogP contribution in [0.1, 0.15) is 16.8 Å². The standard InChI is InChI=1S/C14H17N3O/c1-9-3-4-11(14-5-10(2)16-17-14)6-12(9)7-13(18)8-15/h3-6H,7-8,15H2,1-2H3,(H,16,17). The maximum atomic E-state index is 11.4. The van der Waals surface area contributed by atoms with Gasteiger partial charge in [-0.05, 0) is 37.1 Å². The molecule has 0 bridgehead atoms. The van der Waals surface area contributed by atoms with Crippen LogP contribution in [0.3, 0.4) is 0 Å². The predicted molar refractivity (Wildman–Crippen MR) is 71.3 cm³/mol. The summed E-state index contributed by atoms with van der Waals surface area (Å²) in [6.45, 7) is 4.05. The summed E-state index contributed by atoms with van der Waals surface area (Å²) in [4.78, 5) is 11.4. The van der Waals surface area contributed by atoms with Crippen LogP contribution in [0.4, 0.5) is 0 Å². The number of nitrogens with two attached hydrogens (primary N) is 1. The van der Waals surface area contributed by atoms with Gasteiger partial charge in [0.2, 0.25) is 0 Å². The minimum atomic E-state index is 0.0495. The molecule has 0 saturated heterocycles. The number of H-pyrrole nitrogens is 1. The molecule has 0 saturated carbocycles. The van der Waals surface area contributed by atoms with Crippen LogP contribution in [0.15, 0.2) is 24.3 Å². The van der Waals surface area contributed by atoms with Crippen molar-refractivity contribution in [3.8, 4) is 11.3 Å². The first-order valence-electron chi connectivity index (χ1n) is 5.94. The summed E-state index contributed by atoms with van der Waals surface area (Å²) in [6.07, 6.45) is 0.388. The lowest BCUT2D eigenvalue weighted by molar-refractivity contribution is -0.117. The molecule has 2 rings (SSSR count). The van der Waals surface area contributed by atoms with E-state index in [-0.39, 0.29) is 12.3 Å². The number of aryl methyl sites for hydroxylation is 2. The smallest absolute Gasteiger partial charge is 0.150 e. The van der Waals surface area contributed by atoms with Gasteiger partial charge in [-0.3, -0.25) is 9.89 Å². The first-order chi connectivity index (χ1) is 8.60. The summed E-state index contributed by atoms with van der Waals surface area (Å²) in [7, 11) is 0. The minimum absolute atomic E-state index is 0.0495. The third-order valence-electron chi connectivity index (χ3n) is 2.97. The molecular formula is C14H17N3O. The quantitative estimate of drug-likeness (QED) is 0.859. The van der Waals surface area contributed by atoms with Crippen molar-refractivity contribution < 1.29 is 4.79 Å². The number of aromatic nitrogens is 2. The molecule has 94 valence electrons. The molecule has 3 N–H and O–H groups in total. The first-order valence-corrected chi connectivity index (χ1v) is 5.94. The van der Waals surface area contributed by atoms with Gasteiger partial charge >= 0.3 is 0 Å². The van der Waals surface area contributed by atoms with Crippen LogP contribution >= 0.6 is 0 Å². The largest absolute Gasteiger partial charge is 0.324 e. The van der Waals surface area contributed by atoms with Gasteiger partial charge in [-0.15, -0.1) is 0 Å².